The zero-order valence-corrected chi connectivity index (χ0v) is 17.8. The van der Waals surface area contributed by atoms with Gasteiger partial charge in [-0.15, -0.1) is 11.8 Å². The molecule has 0 aliphatic rings. The number of thioether (sulfide) groups is 1. The first-order valence-electron chi connectivity index (χ1n) is 9.09. The minimum Gasteiger partial charge on any atom is -0.494 e. The average molecular weight is 440 g/mol. The number of H-pyrrole nitrogens is 1. The van der Waals surface area contributed by atoms with E-state index in [0.717, 1.165) is 16.6 Å². The topological polar surface area (TPSA) is 92.8 Å². The van der Waals surface area contributed by atoms with Crippen LogP contribution in [0.2, 0.25) is 5.02 Å². The van der Waals surface area contributed by atoms with Gasteiger partial charge in [0.05, 0.1) is 12.8 Å². The quantitative estimate of drug-likeness (QED) is 0.331. The molecular formula is C21H18ClN5O2S. The maximum atomic E-state index is 12.1. The van der Waals surface area contributed by atoms with Gasteiger partial charge < -0.3 is 4.74 Å². The number of aromatic amines is 1. The molecule has 0 radical (unpaired) electrons. The summed E-state index contributed by atoms with van der Waals surface area (Å²) in [4.78, 5) is 28.3. The van der Waals surface area contributed by atoms with E-state index in [4.69, 9.17) is 16.3 Å². The Kier molecular flexibility index (Phi) is 5.87. The van der Waals surface area contributed by atoms with Gasteiger partial charge in [-0.2, -0.15) is 0 Å². The molecule has 0 saturated carbocycles. The molecule has 2 aromatic carbocycles. The van der Waals surface area contributed by atoms with Gasteiger partial charge in [-0.1, -0.05) is 35.9 Å². The van der Waals surface area contributed by atoms with Crippen LogP contribution in [0, 0.1) is 6.92 Å². The predicted octanol–water partition coefficient (Wildman–Crippen LogP) is 4.72. The summed E-state index contributed by atoms with van der Waals surface area (Å²) in [6.45, 7) is 1.89. The lowest BCUT2D eigenvalue weighted by atomic mass is 10.2. The van der Waals surface area contributed by atoms with Gasteiger partial charge in [0, 0.05) is 22.2 Å². The van der Waals surface area contributed by atoms with Crippen molar-refractivity contribution in [3.63, 3.8) is 0 Å². The fraction of sp³-hybridized carbons (Fsp3) is 0.143. The number of benzene rings is 2. The summed E-state index contributed by atoms with van der Waals surface area (Å²) in [6, 6.07) is 14.7. The molecule has 0 spiro atoms. The highest BCUT2D eigenvalue weighted by atomic mass is 35.5. The summed E-state index contributed by atoms with van der Waals surface area (Å²) in [6.07, 6.45) is 0. The molecule has 0 bridgehead atoms. The van der Waals surface area contributed by atoms with Crippen LogP contribution < -0.4 is 15.6 Å². The van der Waals surface area contributed by atoms with E-state index >= 15 is 0 Å². The van der Waals surface area contributed by atoms with Crippen molar-refractivity contribution in [3.8, 4) is 5.75 Å². The second kappa shape index (κ2) is 8.73. The molecule has 0 amide bonds. The molecule has 0 aliphatic heterocycles. The summed E-state index contributed by atoms with van der Waals surface area (Å²) in [7, 11) is 1.60. The lowest BCUT2D eigenvalue weighted by Gasteiger charge is -2.10. The van der Waals surface area contributed by atoms with Crippen molar-refractivity contribution >= 4 is 46.2 Å². The Balaban J connectivity index is 1.59. The third kappa shape index (κ3) is 4.55. The van der Waals surface area contributed by atoms with Crippen LogP contribution in [0.5, 0.6) is 5.75 Å². The van der Waals surface area contributed by atoms with E-state index in [2.05, 4.69) is 25.3 Å². The van der Waals surface area contributed by atoms with Crippen molar-refractivity contribution in [2.75, 3.05) is 12.4 Å². The Morgan fingerprint density at radius 2 is 1.93 bits per heavy atom. The second-order valence-corrected chi connectivity index (χ2v) is 7.89. The normalized spacial score (nSPS) is 10.9. The smallest absolute Gasteiger partial charge is 0.253 e. The average Bonchev–Trinajstić information content (AvgIpc) is 2.72. The number of hydrogen-bond donors (Lipinski definition) is 2. The highest BCUT2D eigenvalue weighted by Crippen LogP contribution is 2.27. The predicted molar refractivity (Wildman–Crippen MR) is 120 cm³/mol. The number of fused-ring (bicyclic) bond motifs is 1. The van der Waals surface area contributed by atoms with E-state index in [9.17, 15) is 4.79 Å². The van der Waals surface area contributed by atoms with Crippen molar-refractivity contribution in [1.82, 2.24) is 19.9 Å². The number of aryl methyl sites for hydroxylation is 1. The van der Waals surface area contributed by atoms with Crippen molar-refractivity contribution in [2.45, 2.75) is 17.7 Å². The van der Waals surface area contributed by atoms with Crippen molar-refractivity contribution in [1.29, 1.82) is 0 Å². The first-order chi connectivity index (χ1) is 14.5. The number of rotatable bonds is 6. The fourth-order valence-electron chi connectivity index (χ4n) is 2.91. The molecule has 7 nitrogen and oxygen atoms in total. The summed E-state index contributed by atoms with van der Waals surface area (Å²) in [5.74, 6) is 1.91. The Labute approximate surface area is 181 Å². The van der Waals surface area contributed by atoms with Crippen LogP contribution in [-0.2, 0) is 5.75 Å². The molecule has 4 aromatic rings. The summed E-state index contributed by atoms with van der Waals surface area (Å²) >= 11 is 7.38. The number of nitrogens with one attached hydrogen (secondary N) is 2. The van der Waals surface area contributed by atoms with Gasteiger partial charge in [-0.05, 0) is 30.7 Å². The van der Waals surface area contributed by atoms with Crippen LogP contribution in [0.1, 0.15) is 11.3 Å². The van der Waals surface area contributed by atoms with Crippen LogP contribution in [0.15, 0.2) is 58.4 Å². The fourth-order valence-corrected chi connectivity index (χ4v) is 3.89. The Bertz CT molecular complexity index is 1260. The Morgan fingerprint density at radius 1 is 1.13 bits per heavy atom. The van der Waals surface area contributed by atoms with Crippen LogP contribution in [0.4, 0.5) is 11.9 Å². The number of aromatic nitrogens is 4. The monoisotopic (exact) mass is 439 g/mol. The maximum Gasteiger partial charge on any atom is 0.253 e. The van der Waals surface area contributed by atoms with E-state index in [1.165, 1.54) is 17.8 Å². The number of anilines is 2. The second-order valence-electron chi connectivity index (χ2n) is 6.46. The van der Waals surface area contributed by atoms with E-state index < -0.39 is 0 Å². The highest BCUT2D eigenvalue weighted by Gasteiger charge is 2.11. The van der Waals surface area contributed by atoms with Gasteiger partial charge in [0.2, 0.25) is 11.9 Å². The molecule has 4 rings (SSSR count). The minimum atomic E-state index is -0.263. The van der Waals surface area contributed by atoms with Gasteiger partial charge in [0.1, 0.15) is 16.3 Å². The first-order valence-corrected chi connectivity index (χ1v) is 10.4. The third-order valence-corrected chi connectivity index (χ3v) is 5.58. The molecule has 0 fully saturated rings. The lowest BCUT2D eigenvalue weighted by Crippen LogP contribution is -2.11. The molecule has 2 heterocycles. The van der Waals surface area contributed by atoms with Crippen LogP contribution in [0.3, 0.4) is 0 Å². The Morgan fingerprint density at radius 3 is 2.70 bits per heavy atom. The molecule has 9 heteroatoms. The van der Waals surface area contributed by atoms with Crippen molar-refractivity contribution < 1.29 is 4.74 Å². The highest BCUT2D eigenvalue weighted by molar-refractivity contribution is 7.98. The molecule has 0 saturated heterocycles. The van der Waals surface area contributed by atoms with E-state index in [1.54, 1.807) is 7.11 Å². The van der Waals surface area contributed by atoms with Crippen LogP contribution >= 0.6 is 23.4 Å². The van der Waals surface area contributed by atoms with Gasteiger partial charge in [-0.3, -0.25) is 15.1 Å². The molecule has 0 aliphatic carbocycles. The number of hydrogen-bond acceptors (Lipinski definition) is 7. The lowest BCUT2D eigenvalue weighted by molar-refractivity contribution is 0.419. The maximum absolute atomic E-state index is 12.1. The van der Waals surface area contributed by atoms with Crippen molar-refractivity contribution in [3.05, 3.63) is 75.2 Å². The molecular weight excluding hydrogens is 422 g/mol. The van der Waals surface area contributed by atoms with Gasteiger partial charge >= 0.3 is 0 Å². The first kappa shape index (κ1) is 20.2. The molecule has 30 heavy (non-hydrogen) atoms. The van der Waals surface area contributed by atoms with Gasteiger partial charge in [0.15, 0.2) is 0 Å². The van der Waals surface area contributed by atoms with Crippen LogP contribution in [-0.4, -0.2) is 27.0 Å². The van der Waals surface area contributed by atoms with Crippen LogP contribution in [0.25, 0.3) is 10.9 Å². The number of nitrogens with zero attached hydrogens (tertiary/aromatic N) is 3. The zero-order valence-electron chi connectivity index (χ0n) is 16.3. The molecule has 2 N–H and O–H groups in total. The molecule has 0 atom stereocenters. The Hall–Kier alpha value is -3.10. The summed E-state index contributed by atoms with van der Waals surface area (Å²) in [5.41, 5.74) is 2.30. The zero-order chi connectivity index (χ0) is 21.1. The largest absolute Gasteiger partial charge is 0.494 e. The number of ether oxygens (including phenoxy) is 1. The summed E-state index contributed by atoms with van der Waals surface area (Å²) in [5, 5.41) is 5.17. The molecule has 2 aromatic heterocycles. The minimum absolute atomic E-state index is 0.263. The van der Waals surface area contributed by atoms with E-state index in [-0.39, 0.29) is 11.5 Å². The number of para-hydroxylation sites is 1. The SMILES string of the molecule is COc1cccc2c(C)nc(Nc3nc(SCc4ccc(Cl)cc4)cc(=O)[nH]3)nc12. The number of halogens is 1. The van der Waals surface area contributed by atoms with Gasteiger partial charge in [-0.25, -0.2) is 15.0 Å². The third-order valence-electron chi connectivity index (χ3n) is 4.35. The van der Waals surface area contributed by atoms with Gasteiger partial charge in [0.25, 0.3) is 5.56 Å². The van der Waals surface area contributed by atoms with Crippen molar-refractivity contribution in [2.24, 2.45) is 0 Å². The van der Waals surface area contributed by atoms with E-state index in [1.807, 2.05) is 49.4 Å². The summed E-state index contributed by atoms with van der Waals surface area (Å²) < 4.78 is 5.40. The number of methoxy groups -OCH3 is 1. The molecule has 0 unspecified atom stereocenters. The molecule has 152 valence electrons. The van der Waals surface area contributed by atoms with E-state index in [0.29, 0.717) is 33.0 Å². The standard InChI is InChI=1S/C21H18ClN5O2S/c1-12-15-4-3-5-16(29-2)19(15)26-20(23-12)27-21-24-17(28)10-18(25-21)30-11-13-6-8-14(22)9-7-13/h3-10H,11H2,1-2H3,(H2,23,24,25,26,27,28).